The number of anilines is 1. The summed E-state index contributed by atoms with van der Waals surface area (Å²) in [5.74, 6) is 0.0323. The van der Waals surface area contributed by atoms with E-state index in [1.54, 1.807) is 4.57 Å². The Labute approximate surface area is 201 Å². The number of nitrogens with zero attached hydrogens (tertiary/aromatic N) is 2. The molecule has 7 heteroatoms. The zero-order chi connectivity index (χ0) is 23.7. The Bertz CT molecular complexity index is 1420. The minimum Gasteiger partial charge on any atom is -0.325 e. The third-order valence-electron chi connectivity index (χ3n) is 5.93. The minimum absolute atomic E-state index is 0.0932. The SMILES string of the molecule is CCc1ccccc1NC(=O)CSc1nc2sc(C)c(C)c2c(=O)n1-c1ccc(C)c(C)c1. The first-order valence-electron chi connectivity index (χ1n) is 10.9. The molecule has 5 nitrogen and oxygen atoms in total. The number of benzene rings is 2. The number of amides is 1. The summed E-state index contributed by atoms with van der Waals surface area (Å²) < 4.78 is 1.64. The molecule has 0 saturated carbocycles. The standard InChI is InChI=1S/C26H27N3O2S2/c1-6-19-9-7-8-10-21(19)27-22(30)14-32-26-28-24-23(17(4)18(5)33-24)25(31)29(26)20-12-11-15(2)16(3)13-20/h7-13H,6,14H2,1-5H3,(H,27,30). The predicted molar refractivity (Wildman–Crippen MR) is 139 cm³/mol. The van der Waals surface area contributed by atoms with Crippen molar-refractivity contribution in [2.75, 3.05) is 11.1 Å². The first kappa shape index (κ1) is 23.3. The Balaban J connectivity index is 1.72. The van der Waals surface area contributed by atoms with Crippen molar-refractivity contribution in [2.45, 2.75) is 46.2 Å². The quantitative estimate of drug-likeness (QED) is 0.274. The summed E-state index contributed by atoms with van der Waals surface area (Å²) in [6.07, 6.45) is 0.839. The topological polar surface area (TPSA) is 64.0 Å². The second kappa shape index (κ2) is 9.53. The lowest BCUT2D eigenvalue weighted by Gasteiger charge is -2.14. The molecule has 0 fully saturated rings. The molecular formula is C26H27N3O2S2. The van der Waals surface area contributed by atoms with Crippen LogP contribution in [0.25, 0.3) is 15.9 Å². The van der Waals surface area contributed by atoms with Crippen LogP contribution in [0.4, 0.5) is 5.69 Å². The molecule has 0 spiro atoms. The van der Waals surface area contributed by atoms with E-state index in [2.05, 4.69) is 12.2 Å². The molecule has 0 aliphatic carbocycles. The van der Waals surface area contributed by atoms with Gasteiger partial charge >= 0.3 is 0 Å². The zero-order valence-electron chi connectivity index (χ0n) is 19.5. The summed E-state index contributed by atoms with van der Waals surface area (Å²) in [5, 5.41) is 4.18. The molecule has 1 N–H and O–H groups in total. The molecule has 4 aromatic rings. The first-order valence-corrected chi connectivity index (χ1v) is 12.7. The average molecular weight is 478 g/mol. The molecule has 1 amide bonds. The van der Waals surface area contributed by atoms with Crippen LogP contribution in [-0.4, -0.2) is 21.2 Å². The zero-order valence-corrected chi connectivity index (χ0v) is 21.1. The Morgan fingerprint density at radius 1 is 1.09 bits per heavy atom. The lowest BCUT2D eigenvalue weighted by Crippen LogP contribution is -2.23. The number of hydrogen-bond donors (Lipinski definition) is 1. The van der Waals surface area contributed by atoms with Gasteiger partial charge in [0.25, 0.3) is 5.56 Å². The maximum atomic E-state index is 13.6. The number of aromatic nitrogens is 2. The fraction of sp³-hybridized carbons (Fsp3) is 0.269. The van der Waals surface area contributed by atoms with Gasteiger partial charge in [0, 0.05) is 10.6 Å². The van der Waals surface area contributed by atoms with Crippen molar-refractivity contribution in [3.63, 3.8) is 0 Å². The van der Waals surface area contributed by atoms with E-state index >= 15 is 0 Å². The van der Waals surface area contributed by atoms with Gasteiger partial charge in [-0.25, -0.2) is 4.98 Å². The summed E-state index contributed by atoms with van der Waals surface area (Å²) in [4.78, 5) is 33.0. The van der Waals surface area contributed by atoms with E-state index in [4.69, 9.17) is 4.98 Å². The molecule has 33 heavy (non-hydrogen) atoms. The molecular weight excluding hydrogens is 450 g/mol. The van der Waals surface area contributed by atoms with E-state index in [1.807, 2.05) is 70.2 Å². The normalized spacial score (nSPS) is 11.2. The predicted octanol–water partition coefficient (Wildman–Crippen LogP) is 5.97. The molecule has 170 valence electrons. The van der Waals surface area contributed by atoms with Crippen molar-refractivity contribution in [3.8, 4) is 5.69 Å². The smallest absolute Gasteiger partial charge is 0.267 e. The lowest BCUT2D eigenvalue weighted by molar-refractivity contribution is -0.113. The number of para-hydroxylation sites is 1. The summed E-state index contributed by atoms with van der Waals surface area (Å²) in [5.41, 5.74) is 5.81. The van der Waals surface area contributed by atoms with Crippen LogP contribution < -0.4 is 10.9 Å². The van der Waals surface area contributed by atoms with Crippen molar-refractivity contribution in [1.82, 2.24) is 9.55 Å². The highest BCUT2D eigenvalue weighted by molar-refractivity contribution is 7.99. The van der Waals surface area contributed by atoms with Gasteiger partial charge in [-0.2, -0.15) is 0 Å². The molecule has 2 aromatic heterocycles. The number of rotatable bonds is 6. The first-order chi connectivity index (χ1) is 15.8. The van der Waals surface area contributed by atoms with Crippen LogP contribution in [0.5, 0.6) is 0 Å². The molecule has 0 aliphatic heterocycles. The van der Waals surface area contributed by atoms with E-state index in [-0.39, 0.29) is 17.2 Å². The number of thiophene rings is 1. The van der Waals surface area contributed by atoms with Crippen molar-refractivity contribution in [1.29, 1.82) is 0 Å². The third-order valence-corrected chi connectivity index (χ3v) is 7.97. The highest BCUT2D eigenvalue weighted by Crippen LogP contribution is 2.30. The van der Waals surface area contributed by atoms with Crippen LogP contribution in [-0.2, 0) is 11.2 Å². The molecule has 4 rings (SSSR count). The number of hydrogen-bond acceptors (Lipinski definition) is 5. The fourth-order valence-corrected chi connectivity index (χ4v) is 5.61. The highest BCUT2D eigenvalue weighted by Gasteiger charge is 2.19. The van der Waals surface area contributed by atoms with Crippen molar-refractivity contribution < 1.29 is 4.79 Å². The molecule has 0 unspecified atom stereocenters. The maximum absolute atomic E-state index is 13.6. The molecule has 2 aromatic carbocycles. The maximum Gasteiger partial charge on any atom is 0.267 e. The van der Waals surface area contributed by atoms with Gasteiger partial charge in [-0.1, -0.05) is 43.0 Å². The van der Waals surface area contributed by atoms with Gasteiger partial charge in [-0.15, -0.1) is 11.3 Å². The fourth-order valence-electron chi connectivity index (χ4n) is 3.73. The number of carbonyl (C=O) groups excluding carboxylic acids is 1. The Kier molecular flexibility index (Phi) is 6.72. The van der Waals surface area contributed by atoms with Gasteiger partial charge in [0.1, 0.15) is 4.83 Å². The number of carbonyl (C=O) groups is 1. The van der Waals surface area contributed by atoms with Gasteiger partial charge in [-0.3, -0.25) is 14.2 Å². The summed E-state index contributed by atoms with van der Waals surface area (Å²) in [7, 11) is 0. The third kappa shape index (κ3) is 4.61. The van der Waals surface area contributed by atoms with E-state index in [0.717, 1.165) is 44.9 Å². The van der Waals surface area contributed by atoms with Crippen LogP contribution >= 0.6 is 23.1 Å². The summed E-state index contributed by atoms with van der Waals surface area (Å²) in [6.45, 7) is 10.1. The summed E-state index contributed by atoms with van der Waals surface area (Å²) >= 11 is 2.80. The molecule has 2 heterocycles. The molecule has 0 radical (unpaired) electrons. The van der Waals surface area contributed by atoms with E-state index in [9.17, 15) is 9.59 Å². The number of fused-ring (bicyclic) bond motifs is 1. The number of nitrogens with one attached hydrogen (secondary N) is 1. The van der Waals surface area contributed by atoms with Crippen LogP contribution in [0, 0.1) is 27.7 Å². The van der Waals surface area contributed by atoms with E-state index < -0.39 is 0 Å². The van der Waals surface area contributed by atoms with Crippen LogP contribution in [0.2, 0.25) is 0 Å². The van der Waals surface area contributed by atoms with Crippen LogP contribution in [0.15, 0.2) is 52.4 Å². The van der Waals surface area contributed by atoms with Gasteiger partial charge < -0.3 is 5.32 Å². The summed E-state index contributed by atoms with van der Waals surface area (Å²) in [6, 6.07) is 13.8. The molecule has 0 aliphatic rings. The minimum atomic E-state index is -0.125. The molecule has 0 atom stereocenters. The second-order valence-electron chi connectivity index (χ2n) is 8.11. The Morgan fingerprint density at radius 3 is 2.58 bits per heavy atom. The van der Waals surface area contributed by atoms with Gasteiger partial charge in [0.2, 0.25) is 5.91 Å². The van der Waals surface area contributed by atoms with Gasteiger partial charge in [0.15, 0.2) is 5.16 Å². The monoisotopic (exact) mass is 477 g/mol. The lowest BCUT2D eigenvalue weighted by atomic mass is 10.1. The number of thioether (sulfide) groups is 1. The second-order valence-corrected chi connectivity index (χ2v) is 10.3. The Hall–Kier alpha value is -2.90. The van der Waals surface area contributed by atoms with Crippen molar-refractivity contribution in [3.05, 3.63) is 79.9 Å². The number of aryl methyl sites for hydroxylation is 5. The van der Waals surface area contributed by atoms with E-state index in [1.165, 1.54) is 23.1 Å². The van der Waals surface area contributed by atoms with Crippen LogP contribution in [0.3, 0.4) is 0 Å². The van der Waals surface area contributed by atoms with E-state index in [0.29, 0.717) is 15.4 Å². The van der Waals surface area contributed by atoms with Crippen molar-refractivity contribution >= 4 is 44.9 Å². The molecule has 0 bridgehead atoms. The largest absolute Gasteiger partial charge is 0.325 e. The van der Waals surface area contributed by atoms with Gasteiger partial charge in [-0.05, 0) is 74.6 Å². The highest BCUT2D eigenvalue weighted by atomic mass is 32.2. The van der Waals surface area contributed by atoms with Gasteiger partial charge in [0.05, 0.1) is 16.8 Å². The average Bonchev–Trinajstić information content (AvgIpc) is 3.08. The van der Waals surface area contributed by atoms with Crippen molar-refractivity contribution in [2.24, 2.45) is 0 Å². The molecule has 0 saturated heterocycles. The van der Waals surface area contributed by atoms with Crippen LogP contribution in [0.1, 0.15) is 34.1 Å². The Morgan fingerprint density at radius 2 is 1.85 bits per heavy atom.